The van der Waals surface area contributed by atoms with Gasteiger partial charge >= 0.3 is 0 Å². The summed E-state index contributed by atoms with van der Waals surface area (Å²) in [5.74, 6) is 1.01. The van der Waals surface area contributed by atoms with Gasteiger partial charge in [0.2, 0.25) is 0 Å². The van der Waals surface area contributed by atoms with Gasteiger partial charge in [-0.2, -0.15) is 0 Å². The Labute approximate surface area is 101 Å². The molecule has 0 bridgehead atoms. The largest absolute Gasteiger partial charge is 0.496 e. The Morgan fingerprint density at radius 3 is 2.00 bits per heavy atom. The monoisotopic (exact) mass is 236 g/mol. The summed E-state index contributed by atoms with van der Waals surface area (Å²) in [5, 5.41) is 1.50. The molecule has 2 heteroatoms. The van der Waals surface area contributed by atoms with Crippen molar-refractivity contribution in [3.63, 3.8) is 0 Å². The van der Waals surface area contributed by atoms with Crippen LogP contribution in [0.2, 0.25) is 19.6 Å². The number of methoxy groups -OCH3 is 1. The van der Waals surface area contributed by atoms with E-state index in [9.17, 15) is 0 Å². The van der Waals surface area contributed by atoms with E-state index in [4.69, 9.17) is 4.74 Å². The van der Waals surface area contributed by atoms with Gasteiger partial charge in [0, 0.05) is 0 Å². The number of rotatable bonds is 2. The molecule has 0 atom stereocenters. The highest BCUT2D eigenvalue weighted by Gasteiger charge is 2.23. The Balaban J connectivity index is 3.34. The first-order chi connectivity index (χ1) is 7.16. The fourth-order valence-electron chi connectivity index (χ4n) is 1.76. The zero-order valence-corrected chi connectivity index (χ0v) is 12.6. The number of hydrogen-bond donors (Lipinski definition) is 0. The molecular formula is C14H24OSi. The van der Waals surface area contributed by atoms with Gasteiger partial charge < -0.3 is 4.74 Å². The highest BCUT2D eigenvalue weighted by Crippen LogP contribution is 2.30. The van der Waals surface area contributed by atoms with Crippen LogP contribution in [-0.4, -0.2) is 15.2 Å². The van der Waals surface area contributed by atoms with Crippen molar-refractivity contribution in [1.82, 2.24) is 0 Å². The summed E-state index contributed by atoms with van der Waals surface area (Å²) >= 11 is 0. The van der Waals surface area contributed by atoms with Crippen LogP contribution in [0.3, 0.4) is 0 Å². The molecule has 0 aliphatic rings. The van der Waals surface area contributed by atoms with Gasteiger partial charge in [-0.3, -0.25) is 0 Å². The Kier molecular flexibility index (Phi) is 3.53. The van der Waals surface area contributed by atoms with E-state index in [1.165, 1.54) is 10.8 Å². The van der Waals surface area contributed by atoms with Gasteiger partial charge in [-0.1, -0.05) is 57.7 Å². The Morgan fingerprint density at radius 2 is 1.62 bits per heavy atom. The van der Waals surface area contributed by atoms with E-state index in [1.54, 1.807) is 7.11 Å². The molecule has 1 rings (SSSR count). The molecule has 0 N–H and O–H groups in total. The molecule has 0 aliphatic carbocycles. The summed E-state index contributed by atoms with van der Waals surface area (Å²) in [5.41, 5.74) is 1.45. The third-order valence-corrected chi connectivity index (χ3v) is 4.92. The first-order valence-electron chi connectivity index (χ1n) is 5.85. The zero-order chi connectivity index (χ0) is 12.6. The highest BCUT2D eigenvalue weighted by atomic mass is 28.3. The maximum Gasteiger partial charge on any atom is 0.122 e. The standard InChI is InChI=1S/C14H24OSi/c1-14(2,3)12-10-11(16(5,6)7)8-9-13(12)15-4/h8-10H,1-7H3. The first-order valence-corrected chi connectivity index (χ1v) is 9.35. The Morgan fingerprint density at radius 1 is 1.06 bits per heavy atom. The third-order valence-electron chi connectivity index (χ3n) is 2.87. The molecule has 1 aromatic carbocycles. The van der Waals surface area contributed by atoms with Gasteiger partial charge in [-0.05, 0) is 17.0 Å². The average Bonchev–Trinajstić information content (AvgIpc) is 2.14. The van der Waals surface area contributed by atoms with Crippen molar-refractivity contribution in [3.8, 4) is 5.75 Å². The van der Waals surface area contributed by atoms with Crippen LogP contribution in [0.1, 0.15) is 26.3 Å². The molecule has 90 valence electrons. The molecule has 0 radical (unpaired) electrons. The van der Waals surface area contributed by atoms with E-state index in [2.05, 4.69) is 58.6 Å². The summed E-state index contributed by atoms with van der Waals surface area (Å²) in [6, 6.07) is 6.68. The highest BCUT2D eigenvalue weighted by molar-refractivity contribution is 6.88. The third kappa shape index (κ3) is 2.88. The maximum absolute atomic E-state index is 5.45. The van der Waals surface area contributed by atoms with Crippen molar-refractivity contribution in [3.05, 3.63) is 23.8 Å². The lowest BCUT2D eigenvalue weighted by Crippen LogP contribution is -2.38. The minimum absolute atomic E-state index is 0.140. The van der Waals surface area contributed by atoms with Gasteiger partial charge in [-0.25, -0.2) is 0 Å². The van der Waals surface area contributed by atoms with Crippen molar-refractivity contribution in [2.45, 2.75) is 45.8 Å². The van der Waals surface area contributed by atoms with Crippen molar-refractivity contribution in [1.29, 1.82) is 0 Å². The number of ether oxygens (including phenoxy) is 1. The van der Waals surface area contributed by atoms with E-state index >= 15 is 0 Å². The molecule has 16 heavy (non-hydrogen) atoms. The quantitative estimate of drug-likeness (QED) is 0.714. The molecule has 0 aromatic heterocycles. The van der Waals surface area contributed by atoms with E-state index in [0.29, 0.717) is 0 Å². The minimum Gasteiger partial charge on any atom is -0.496 e. The van der Waals surface area contributed by atoms with Crippen LogP contribution >= 0.6 is 0 Å². The lowest BCUT2D eigenvalue weighted by atomic mass is 9.86. The lowest BCUT2D eigenvalue weighted by Gasteiger charge is -2.25. The minimum atomic E-state index is -1.23. The molecular weight excluding hydrogens is 212 g/mol. The fraction of sp³-hybridized carbons (Fsp3) is 0.571. The molecule has 1 nitrogen and oxygen atoms in total. The van der Waals surface area contributed by atoms with Crippen LogP contribution in [0.25, 0.3) is 0 Å². The lowest BCUT2D eigenvalue weighted by molar-refractivity contribution is 0.398. The van der Waals surface area contributed by atoms with Crippen LogP contribution in [0.15, 0.2) is 18.2 Å². The van der Waals surface area contributed by atoms with Crippen molar-refractivity contribution < 1.29 is 4.74 Å². The second-order valence-electron chi connectivity index (χ2n) is 6.42. The van der Waals surface area contributed by atoms with E-state index in [-0.39, 0.29) is 5.41 Å². The van der Waals surface area contributed by atoms with Crippen LogP contribution in [0.5, 0.6) is 5.75 Å². The van der Waals surface area contributed by atoms with Crippen LogP contribution in [0.4, 0.5) is 0 Å². The van der Waals surface area contributed by atoms with Crippen LogP contribution in [0, 0.1) is 0 Å². The predicted molar refractivity (Wildman–Crippen MR) is 74.7 cm³/mol. The summed E-state index contributed by atoms with van der Waals surface area (Å²) in [6.45, 7) is 13.8. The molecule has 1 aromatic rings. The van der Waals surface area contributed by atoms with Gasteiger partial charge in [-0.15, -0.1) is 0 Å². The maximum atomic E-state index is 5.45. The zero-order valence-electron chi connectivity index (χ0n) is 11.6. The molecule has 0 aliphatic heterocycles. The summed E-state index contributed by atoms with van der Waals surface area (Å²) < 4.78 is 5.45. The fourth-order valence-corrected chi connectivity index (χ4v) is 2.92. The molecule has 0 fully saturated rings. The summed E-state index contributed by atoms with van der Waals surface area (Å²) in [4.78, 5) is 0. The smallest absolute Gasteiger partial charge is 0.122 e. The predicted octanol–water partition coefficient (Wildman–Crippen LogP) is 3.54. The van der Waals surface area contributed by atoms with Gasteiger partial charge in [0.25, 0.3) is 0 Å². The first kappa shape index (κ1) is 13.3. The Hall–Kier alpha value is -0.763. The van der Waals surface area contributed by atoms with Gasteiger partial charge in [0.15, 0.2) is 0 Å². The van der Waals surface area contributed by atoms with Gasteiger partial charge in [0.1, 0.15) is 5.75 Å². The number of hydrogen-bond acceptors (Lipinski definition) is 1. The average molecular weight is 236 g/mol. The van der Waals surface area contributed by atoms with E-state index in [0.717, 1.165) is 5.75 Å². The molecule has 0 saturated heterocycles. The second-order valence-corrected chi connectivity index (χ2v) is 11.5. The second kappa shape index (κ2) is 4.25. The molecule has 0 spiro atoms. The summed E-state index contributed by atoms with van der Waals surface area (Å²) in [7, 11) is 0.514. The van der Waals surface area contributed by atoms with Crippen molar-refractivity contribution in [2.75, 3.05) is 7.11 Å². The van der Waals surface area contributed by atoms with E-state index in [1.807, 2.05) is 0 Å². The SMILES string of the molecule is COc1ccc([Si](C)(C)C)cc1C(C)(C)C. The molecule has 0 amide bonds. The van der Waals surface area contributed by atoms with Gasteiger partial charge in [0.05, 0.1) is 15.2 Å². The molecule has 0 unspecified atom stereocenters. The normalized spacial score (nSPS) is 12.7. The topological polar surface area (TPSA) is 9.23 Å². The molecule has 0 saturated carbocycles. The Bertz CT molecular complexity index is 369. The van der Waals surface area contributed by atoms with Crippen molar-refractivity contribution in [2.24, 2.45) is 0 Å². The molecule has 0 heterocycles. The van der Waals surface area contributed by atoms with Crippen LogP contribution < -0.4 is 9.92 Å². The van der Waals surface area contributed by atoms with Crippen molar-refractivity contribution >= 4 is 13.3 Å². The summed E-state index contributed by atoms with van der Waals surface area (Å²) in [6.07, 6.45) is 0. The number of benzene rings is 1. The van der Waals surface area contributed by atoms with E-state index < -0.39 is 8.07 Å². The van der Waals surface area contributed by atoms with Crippen LogP contribution in [-0.2, 0) is 5.41 Å².